The van der Waals surface area contributed by atoms with Crippen molar-refractivity contribution < 1.29 is 9.53 Å². The first-order valence-corrected chi connectivity index (χ1v) is 8.23. The quantitative estimate of drug-likeness (QED) is 0.926. The molecule has 0 aliphatic heterocycles. The van der Waals surface area contributed by atoms with Crippen LogP contribution in [0.2, 0.25) is 0 Å². The summed E-state index contributed by atoms with van der Waals surface area (Å²) in [4.78, 5) is 25.4. The first-order valence-electron chi connectivity index (χ1n) is 8.23. The fraction of sp³-hybridized carbons (Fsp3) is 0.529. The van der Waals surface area contributed by atoms with Gasteiger partial charge in [0.1, 0.15) is 0 Å². The minimum Gasteiger partial charge on any atom is -0.381 e. The minimum absolute atomic E-state index is 0.160. The molecule has 1 N–H and O–H groups in total. The number of imidazole rings is 1. The Morgan fingerprint density at radius 3 is 2.67 bits per heavy atom. The van der Waals surface area contributed by atoms with Gasteiger partial charge in [-0.25, -0.2) is 15.0 Å². The first kappa shape index (κ1) is 16.6. The van der Waals surface area contributed by atoms with E-state index in [9.17, 15) is 4.79 Å². The number of ether oxygens (including phenoxy) is 1. The summed E-state index contributed by atoms with van der Waals surface area (Å²) < 4.78 is 7.24. The van der Waals surface area contributed by atoms with E-state index >= 15 is 0 Å². The van der Waals surface area contributed by atoms with Gasteiger partial charge in [0.15, 0.2) is 0 Å². The maximum absolute atomic E-state index is 12.5. The van der Waals surface area contributed by atoms with Crippen LogP contribution in [0, 0.1) is 6.92 Å². The molecule has 0 saturated heterocycles. The summed E-state index contributed by atoms with van der Waals surface area (Å²) in [5.41, 5.74) is 2.32. The molecule has 1 fully saturated rings. The zero-order valence-corrected chi connectivity index (χ0v) is 14.3. The number of hydrogen-bond acceptors (Lipinski definition) is 5. The predicted molar refractivity (Wildman–Crippen MR) is 89.5 cm³/mol. The lowest BCUT2D eigenvalue weighted by molar-refractivity contribution is 0.0597. The molecule has 0 spiro atoms. The van der Waals surface area contributed by atoms with Crippen LogP contribution in [-0.4, -0.2) is 44.7 Å². The van der Waals surface area contributed by atoms with Gasteiger partial charge in [-0.3, -0.25) is 4.79 Å². The van der Waals surface area contributed by atoms with Gasteiger partial charge in [-0.1, -0.05) is 0 Å². The van der Waals surface area contributed by atoms with Crippen molar-refractivity contribution in [3.63, 3.8) is 0 Å². The van der Waals surface area contributed by atoms with Crippen LogP contribution in [0.5, 0.6) is 0 Å². The fourth-order valence-corrected chi connectivity index (χ4v) is 3.10. The summed E-state index contributed by atoms with van der Waals surface area (Å²) in [6.07, 6.45) is 7.53. The molecule has 1 aliphatic carbocycles. The smallest absolute Gasteiger partial charge is 0.289 e. The van der Waals surface area contributed by atoms with Gasteiger partial charge >= 0.3 is 0 Å². The lowest BCUT2D eigenvalue weighted by atomic mass is 9.93. The Morgan fingerprint density at radius 1 is 1.29 bits per heavy atom. The van der Waals surface area contributed by atoms with Gasteiger partial charge in [-0.05, 0) is 38.7 Å². The van der Waals surface area contributed by atoms with E-state index in [1.807, 2.05) is 24.6 Å². The van der Waals surface area contributed by atoms with Crippen molar-refractivity contribution >= 4 is 5.91 Å². The number of aryl methyl sites for hydroxylation is 2. The second-order valence-corrected chi connectivity index (χ2v) is 6.29. The molecule has 0 atom stereocenters. The number of hydrogen-bond donors (Lipinski definition) is 1. The Morgan fingerprint density at radius 2 is 2.04 bits per heavy atom. The van der Waals surface area contributed by atoms with Gasteiger partial charge in [0.2, 0.25) is 5.82 Å². The van der Waals surface area contributed by atoms with Crippen LogP contribution in [0.1, 0.15) is 42.0 Å². The summed E-state index contributed by atoms with van der Waals surface area (Å²) in [5, 5.41) is 3.05. The Labute approximate surface area is 141 Å². The van der Waals surface area contributed by atoms with Crippen molar-refractivity contribution in [1.82, 2.24) is 24.8 Å². The molecule has 2 aromatic rings. The van der Waals surface area contributed by atoms with E-state index in [1.165, 1.54) is 0 Å². The zero-order chi connectivity index (χ0) is 17.1. The average molecular weight is 329 g/mol. The molecule has 0 radical (unpaired) electrons. The van der Waals surface area contributed by atoms with Crippen LogP contribution < -0.4 is 5.32 Å². The highest BCUT2D eigenvalue weighted by Crippen LogP contribution is 2.21. The maximum atomic E-state index is 12.5. The Bertz CT molecular complexity index is 720. The number of nitrogens with one attached hydrogen (secondary N) is 1. The lowest BCUT2D eigenvalue weighted by Gasteiger charge is -2.27. The van der Waals surface area contributed by atoms with E-state index in [0.29, 0.717) is 11.8 Å². The lowest BCUT2D eigenvalue weighted by Crippen LogP contribution is -2.39. The van der Waals surface area contributed by atoms with E-state index < -0.39 is 0 Å². The molecule has 7 heteroatoms. The fourth-order valence-electron chi connectivity index (χ4n) is 3.10. The molecule has 2 heterocycles. The van der Waals surface area contributed by atoms with Crippen LogP contribution >= 0.6 is 0 Å². The number of carbonyl (C=O) groups is 1. The van der Waals surface area contributed by atoms with Gasteiger partial charge in [-0.15, -0.1) is 0 Å². The number of methoxy groups -OCH3 is 1. The largest absolute Gasteiger partial charge is 0.381 e. The summed E-state index contributed by atoms with van der Waals surface area (Å²) in [7, 11) is 3.64. The summed E-state index contributed by atoms with van der Waals surface area (Å²) in [6, 6.07) is 2.02. The van der Waals surface area contributed by atoms with E-state index in [2.05, 4.69) is 20.3 Å². The monoisotopic (exact) mass is 329 g/mol. The number of rotatable bonds is 4. The second-order valence-electron chi connectivity index (χ2n) is 6.29. The van der Waals surface area contributed by atoms with Gasteiger partial charge < -0.3 is 14.6 Å². The van der Waals surface area contributed by atoms with Crippen LogP contribution in [0.15, 0.2) is 18.6 Å². The van der Waals surface area contributed by atoms with E-state index in [4.69, 9.17) is 4.74 Å². The molecule has 1 aliphatic rings. The van der Waals surface area contributed by atoms with E-state index in [1.54, 1.807) is 19.6 Å². The molecule has 0 unspecified atom stereocenters. The molecule has 2 aromatic heterocycles. The van der Waals surface area contributed by atoms with Crippen molar-refractivity contribution in [3.8, 4) is 11.4 Å². The van der Waals surface area contributed by atoms with Gasteiger partial charge in [-0.2, -0.15) is 0 Å². The molecular formula is C17H23N5O2. The highest BCUT2D eigenvalue weighted by molar-refractivity contribution is 5.91. The molecule has 1 amide bonds. The number of aromatic nitrogens is 4. The highest BCUT2D eigenvalue weighted by atomic mass is 16.5. The van der Waals surface area contributed by atoms with Gasteiger partial charge in [0.25, 0.3) is 5.91 Å². The second kappa shape index (κ2) is 7.09. The number of amides is 1. The third-order valence-corrected chi connectivity index (χ3v) is 4.48. The SMILES string of the molecule is CO[C@H]1CC[C@H](NC(=O)c2nc(C)cc(-c3cncn3C)n2)CC1. The molecule has 0 bridgehead atoms. The topological polar surface area (TPSA) is 81.9 Å². The number of nitrogens with zero attached hydrogens (tertiary/aromatic N) is 4. The van der Waals surface area contributed by atoms with E-state index in [0.717, 1.165) is 37.1 Å². The number of carbonyl (C=O) groups excluding carboxylic acids is 1. The van der Waals surface area contributed by atoms with Crippen molar-refractivity contribution in [2.24, 2.45) is 7.05 Å². The first-order chi connectivity index (χ1) is 11.6. The summed E-state index contributed by atoms with van der Waals surface area (Å²) in [6.45, 7) is 1.86. The normalized spacial score (nSPS) is 20.8. The molecule has 0 aromatic carbocycles. The van der Waals surface area contributed by atoms with Crippen LogP contribution in [-0.2, 0) is 11.8 Å². The standard InChI is InChI=1S/C17H23N5O2/c1-11-8-14(15-9-18-10-22(15)2)21-16(19-11)17(23)20-12-4-6-13(24-3)7-5-12/h8-10,12-13H,4-7H2,1-3H3,(H,20,23)/t12-,13-. The van der Waals surface area contributed by atoms with Crippen molar-refractivity contribution in [2.45, 2.75) is 44.8 Å². The third kappa shape index (κ3) is 3.62. The van der Waals surface area contributed by atoms with Crippen molar-refractivity contribution in [2.75, 3.05) is 7.11 Å². The molecular weight excluding hydrogens is 306 g/mol. The third-order valence-electron chi connectivity index (χ3n) is 4.48. The van der Waals surface area contributed by atoms with Gasteiger partial charge in [0, 0.05) is 25.9 Å². The molecule has 3 rings (SSSR count). The zero-order valence-electron chi connectivity index (χ0n) is 14.3. The highest BCUT2D eigenvalue weighted by Gasteiger charge is 2.23. The Balaban J connectivity index is 1.73. The Kier molecular flexibility index (Phi) is 4.89. The Hall–Kier alpha value is -2.28. The molecule has 24 heavy (non-hydrogen) atoms. The van der Waals surface area contributed by atoms with E-state index in [-0.39, 0.29) is 17.8 Å². The molecule has 7 nitrogen and oxygen atoms in total. The van der Waals surface area contributed by atoms with Crippen LogP contribution in [0.3, 0.4) is 0 Å². The molecule has 128 valence electrons. The summed E-state index contributed by atoms with van der Waals surface area (Å²) >= 11 is 0. The van der Waals surface area contributed by atoms with Crippen molar-refractivity contribution in [1.29, 1.82) is 0 Å². The maximum Gasteiger partial charge on any atom is 0.289 e. The average Bonchev–Trinajstić information content (AvgIpc) is 3.01. The summed E-state index contributed by atoms with van der Waals surface area (Å²) in [5.74, 6) is -0.0111. The van der Waals surface area contributed by atoms with Crippen LogP contribution in [0.4, 0.5) is 0 Å². The van der Waals surface area contributed by atoms with Gasteiger partial charge in [0.05, 0.1) is 30.0 Å². The van der Waals surface area contributed by atoms with Crippen LogP contribution in [0.25, 0.3) is 11.4 Å². The molecule has 1 saturated carbocycles. The van der Waals surface area contributed by atoms with Crippen molar-refractivity contribution in [3.05, 3.63) is 30.1 Å². The predicted octanol–water partition coefficient (Wildman–Crippen LogP) is 1.87. The minimum atomic E-state index is -0.219.